The molecule has 0 saturated carbocycles. The fourth-order valence-electron chi connectivity index (χ4n) is 0.0386. The van der Waals surface area contributed by atoms with Gasteiger partial charge in [-0.2, -0.15) is 0 Å². The highest BCUT2D eigenvalue weighted by Gasteiger charge is 1.80. The minimum Gasteiger partial charge on any atom is -0.474 e. The number of ether oxygens (including phenoxy) is 1. The number of halogens is 1. The second kappa shape index (κ2) is 3.18. The molecule has 0 aliphatic carbocycles. The van der Waals surface area contributed by atoms with Gasteiger partial charge in [0.15, 0.2) is 0 Å². The zero-order valence-corrected chi connectivity index (χ0v) is 4.77. The molecule has 0 aromatic carbocycles. The van der Waals surface area contributed by atoms with Gasteiger partial charge in [-0.05, 0) is 12.2 Å². The Kier molecular flexibility index (Phi) is 3.17. The van der Waals surface area contributed by atoms with E-state index < -0.39 is 0 Å². The molecular formula is C2H4ClNOS. The van der Waals surface area contributed by atoms with Gasteiger partial charge in [0, 0.05) is 11.8 Å². The van der Waals surface area contributed by atoms with Crippen LogP contribution in [0.5, 0.6) is 0 Å². The molecule has 0 spiro atoms. The highest BCUT2D eigenvalue weighted by Crippen LogP contribution is 1.70. The van der Waals surface area contributed by atoms with Crippen LogP contribution in [0.4, 0.5) is 0 Å². The molecule has 0 atom stereocenters. The molecule has 36 valence electrons. The van der Waals surface area contributed by atoms with Crippen LogP contribution < -0.4 is 4.84 Å². The molecule has 0 aliphatic rings. The summed E-state index contributed by atoms with van der Waals surface area (Å²) in [5, 5.41) is 0.191. The summed E-state index contributed by atoms with van der Waals surface area (Å²) in [4.78, 5) is 2.10. The molecule has 4 heteroatoms. The molecular weight excluding hydrogens is 122 g/mol. The molecule has 0 aromatic heterocycles. The first-order chi connectivity index (χ1) is 2.81. The highest BCUT2D eigenvalue weighted by molar-refractivity contribution is 7.80. The second-order valence-electron chi connectivity index (χ2n) is 0.586. The Balaban J connectivity index is 2.99. The van der Waals surface area contributed by atoms with Crippen molar-refractivity contribution in [2.24, 2.45) is 0 Å². The van der Waals surface area contributed by atoms with Gasteiger partial charge in [-0.25, -0.2) is 0 Å². The van der Waals surface area contributed by atoms with E-state index in [4.69, 9.17) is 11.8 Å². The largest absolute Gasteiger partial charge is 0.474 e. The molecule has 0 aliphatic heterocycles. The fourth-order valence-corrected chi connectivity index (χ4v) is 0.116. The molecule has 1 N–H and O–H groups in total. The first kappa shape index (κ1) is 5.98. The summed E-state index contributed by atoms with van der Waals surface area (Å²) in [6.07, 6.45) is 0. The maximum absolute atomic E-state index is 4.94. The number of thiocarbonyl (C=S) groups is 1. The summed E-state index contributed by atoms with van der Waals surface area (Å²) >= 11 is 9.33. The number of rotatable bonds is 0. The molecule has 0 bridgehead atoms. The van der Waals surface area contributed by atoms with E-state index in [9.17, 15) is 0 Å². The zero-order chi connectivity index (χ0) is 4.99. The fraction of sp³-hybridized carbons (Fsp3) is 0.500. The van der Waals surface area contributed by atoms with Crippen LogP contribution in [0.2, 0.25) is 0 Å². The van der Waals surface area contributed by atoms with Crippen molar-refractivity contribution in [3.05, 3.63) is 0 Å². The van der Waals surface area contributed by atoms with E-state index in [0.29, 0.717) is 0 Å². The second-order valence-corrected chi connectivity index (χ2v) is 1.15. The van der Waals surface area contributed by atoms with Gasteiger partial charge in [-0.15, -0.1) is 0 Å². The summed E-state index contributed by atoms with van der Waals surface area (Å²) in [6, 6.07) is 0. The minimum atomic E-state index is 0.191. The SMILES string of the molecule is COC(=S)NCl. The standard InChI is InChI=1S/C2H4ClNOS/c1-5-2(6)4-3/h1H3,(H,4,6). The van der Waals surface area contributed by atoms with Crippen molar-refractivity contribution in [1.29, 1.82) is 0 Å². The maximum Gasteiger partial charge on any atom is 0.271 e. The smallest absolute Gasteiger partial charge is 0.271 e. The van der Waals surface area contributed by atoms with Gasteiger partial charge in [-0.3, -0.25) is 4.84 Å². The minimum absolute atomic E-state index is 0.191. The predicted molar refractivity (Wildman–Crippen MR) is 28.6 cm³/mol. The molecule has 2 nitrogen and oxygen atoms in total. The van der Waals surface area contributed by atoms with E-state index in [1.165, 1.54) is 7.11 Å². The van der Waals surface area contributed by atoms with Gasteiger partial charge in [-0.1, -0.05) is 0 Å². The van der Waals surface area contributed by atoms with Crippen molar-refractivity contribution in [2.45, 2.75) is 0 Å². The summed E-state index contributed by atoms with van der Waals surface area (Å²) in [7, 11) is 1.44. The van der Waals surface area contributed by atoms with E-state index in [1.807, 2.05) is 0 Å². The first-order valence-electron chi connectivity index (χ1n) is 1.26. The first-order valence-corrected chi connectivity index (χ1v) is 2.04. The number of hydrogen-bond donors (Lipinski definition) is 1. The van der Waals surface area contributed by atoms with Crippen LogP contribution in [-0.2, 0) is 4.74 Å². The lowest BCUT2D eigenvalue weighted by atomic mass is 11.3. The average Bonchev–Trinajstić information content (AvgIpc) is 1.65. The summed E-state index contributed by atoms with van der Waals surface area (Å²) < 4.78 is 4.39. The summed E-state index contributed by atoms with van der Waals surface area (Å²) in [5.74, 6) is 0. The maximum atomic E-state index is 4.94. The monoisotopic (exact) mass is 125 g/mol. The van der Waals surface area contributed by atoms with E-state index in [1.54, 1.807) is 0 Å². The average molecular weight is 126 g/mol. The van der Waals surface area contributed by atoms with Crippen LogP contribution in [0.3, 0.4) is 0 Å². The quantitative estimate of drug-likeness (QED) is 0.380. The van der Waals surface area contributed by atoms with Crippen LogP contribution in [-0.4, -0.2) is 12.3 Å². The molecule has 6 heavy (non-hydrogen) atoms. The van der Waals surface area contributed by atoms with Gasteiger partial charge in [0.25, 0.3) is 5.17 Å². The molecule has 0 rings (SSSR count). The Labute approximate surface area is 46.5 Å². The molecule has 0 amide bonds. The highest BCUT2D eigenvalue weighted by atomic mass is 35.5. The van der Waals surface area contributed by atoms with E-state index in [-0.39, 0.29) is 5.17 Å². The predicted octanol–water partition coefficient (Wildman–Crippen LogP) is 0.661. The van der Waals surface area contributed by atoms with E-state index in [0.717, 1.165) is 0 Å². The Morgan fingerprint density at radius 3 is 2.50 bits per heavy atom. The molecule has 0 radical (unpaired) electrons. The molecule has 0 unspecified atom stereocenters. The number of nitrogens with one attached hydrogen (secondary N) is 1. The lowest BCUT2D eigenvalue weighted by Crippen LogP contribution is -2.10. The Bertz CT molecular complexity index is 51.5. The van der Waals surface area contributed by atoms with Crippen molar-refractivity contribution in [1.82, 2.24) is 4.84 Å². The van der Waals surface area contributed by atoms with Gasteiger partial charge in [0.1, 0.15) is 0 Å². The Morgan fingerprint density at radius 1 is 2.00 bits per heavy atom. The van der Waals surface area contributed by atoms with Crippen molar-refractivity contribution >= 4 is 29.2 Å². The Morgan fingerprint density at radius 2 is 2.50 bits per heavy atom. The topological polar surface area (TPSA) is 21.3 Å². The lowest BCUT2D eigenvalue weighted by molar-refractivity contribution is 0.404. The third-order valence-electron chi connectivity index (χ3n) is 0.263. The van der Waals surface area contributed by atoms with Crippen LogP contribution in [0.25, 0.3) is 0 Å². The molecule has 0 aromatic rings. The van der Waals surface area contributed by atoms with Gasteiger partial charge in [0.2, 0.25) is 0 Å². The Hall–Kier alpha value is -0.0200. The van der Waals surface area contributed by atoms with Crippen molar-refractivity contribution in [2.75, 3.05) is 7.11 Å². The number of methoxy groups -OCH3 is 1. The summed E-state index contributed by atoms with van der Waals surface area (Å²) in [5.41, 5.74) is 0. The van der Waals surface area contributed by atoms with Crippen molar-refractivity contribution < 1.29 is 4.74 Å². The normalized spacial score (nSPS) is 7.00. The third kappa shape index (κ3) is 2.23. The van der Waals surface area contributed by atoms with Crippen LogP contribution in [0, 0.1) is 0 Å². The van der Waals surface area contributed by atoms with Gasteiger partial charge < -0.3 is 4.74 Å². The van der Waals surface area contributed by atoms with Crippen LogP contribution in [0.15, 0.2) is 0 Å². The van der Waals surface area contributed by atoms with Gasteiger partial charge >= 0.3 is 0 Å². The lowest BCUT2D eigenvalue weighted by Gasteiger charge is -1.92. The molecule has 0 heterocycles. The van der Waals surface area contributed by atoms with Crippen molar-refractivity contribution in [3.8, 4) is 0 Å². The molecule has 0 saturated heterocycles. The van der Waals surface area contributed by atoms with Gasteiger partial charge in [0.05, 0.1) is 7.11 Å². The van der Waals surface area contributed by atoms with E-state index >= 15 is 0 Å². The van der Waals surface area contributed by atoms with E-state index in [2.05, 4.69) is 21.8 Å². The van der Waals surface area contributed by atoms with Crippen LogP contribution in [0.1, 0.15) is 0 Å². The number of hydrogen-bond acceptors (Lipinski definition) is 2. The molecule has 0 fully saturated rings. The van der Waals surface area contributed by atoms with Crippen molar-refractivity contribution in [3.63, 3.8) is 0 Å². The summed E-state index contributed by atoms with van der Waals surface area (Å²) in [6.45, 7) is 0. The zero-order valence-electron chi connectivity index (χ0n) is 3.19. The van der Waals surface area contributed by atoms with Crippen LogP contribution >= 0.6 is 24.0 Å². The third-order valence-corrected chi connectivity index (χ3v) is 0.815.